The average molecular weight is 462 g/mol. The fraction of sp³-hybridized carbons (Fsp3) is 0.200. The molecule has 1 aromatic heterocycles. The fourth-order valence-electron chi connectivity index (χ4n) is 3.63. The summed E-state index contributed by atoms with van der Waals surface area (Å²) in [6.07, 6.45) is 2.28. The Morgan fingerprint density at radius 3 is 2.64 bits per heavy atom. The molecule has 1 aliphatic heterocycles. The van der Waals surface area contributed by atoms with Crippen LogP contribution in [0.3, 0.4) is 0 Å². The SMILES string of the molecule is C=CCOc1cccc(C2/C(=C(\O)c3ccc(C)cc3)C(=O)C(=O)N2c2nnc(CC)s2)c1. The summed E-state index contributed by atoms with van der Waals surface area (Å²) in [4.78, 5) is 27.7. The smallest absolute Gasteiger partial charge is 0.301 e. The van der Waals surface area contributed by atoms with Gasteiger partial charge in [0.2, 0.25) is 5.13 Å². The molecule has 1 N–H and O–H groups in total. The summed E-state index contributed by atoms with van der Waals surface area (Å²) in [6, 6.07) is 13.3. The number of amides is 1. The predicted octanol–water partition coefficient (Wildman–Crippen LogP) is 4.60. The number of hydrogen-bond acceptors (Lipinski definition) is 7. The number of aromatic nitrogens is 2. The van der Waals surface area contributed by atoms with Gasteiger partial charge in [-0.15, -0.1) is 10.2 Å². The third kappa shape index (κ3) is 4.29. The minimum absolute atomic E-state index is 0.00188. The number of hydrogen-bond donors (Lipinski definition) is 1. The summed E-state index contributed by atoms with van der Waals surface area (Å²) in [7, 11) is 0. The van der Waals surface area contributed by atoms with Crippen molar-refractivity contribution in [1.29, 1.82) is 0 Å². The van der Waals surface area contributed by atoms with Crippen molar-refractivity contribution < 1.29 is 19.4 Å². The van der Waals surface area contributed by atoms with Crippen LogP contribution in [0.4, 0.5) is 5.13 Å². The fourth-order valence-corrected chi connectivity index (χ4v) is 4.43. The number of rotatable bonds is 7. The lowest BCUT2D eigenvalue weighted by Crippen LogP contribution is -2.29. The summed E-state index contributed by atoms with van der Waals surface area (Å²) >= 11 is 1.25. The third-order valence-corrected chi connectivity index (χ3v) is 6.34. The van der Waals surface area contributed by atoms with Crippen LogP contribution in [0.15, 0.2) is 66.8 Å². The summed E-state index contributed by atoms with van der Waals surface area (Å²) in [5, 5.41) is 20.5. The van der Waals surface area contributed by atoms with Gasteiger partial charge in [-0.3, -0.25) is 14.5 Å². The van der Waals surface area contributed by atoms with Crippen LogP contribution in [0, 0.1) is 6.92 Å². The van der Waals surface area contributed by atoms with Crippen LogP contribution in [0.2, 0.25) is 0 Å². The average Bonchev–Trinajstić information content (AvgIpc) is 3.40. The minimum atomic E-state index is -0.878. The van der Waals surface area contributed by atoms with Crippen LogP contribution in [0.5, 0.6) is 5.75 Å². The van der Waals surface area contributed by atoms with Gasteiger partial charge >= 0.3 is 5.91 Å². The Hall–Kier alpha value is -3.78. The van der Waals surface area contributed by atoms with Crippen molar-refractivity contribution in [2.75, 3.05) is 11.5 Å². The van der Waals surface area contributed by atoms with Crippen molar-refractivity contribution in [2.24, 2.45) is 0 Å². The highest BCUT2D eigenvalue weighted by atomic mass is 32.1. The number of benzene rings is 2. The van der Waals surface area contributed by atoms with Crippen molar-refractivity contribution in [1.82, 2.24) is 10.2 Å². The molecule has 1 fully saturated rings. The van der Waals surface area contributed by atoms with Crippen LogP contribution >= 0.6 is 11.3 Å². The molecule has 1 unspecified atom stereocenters. The monoisotopic (exact) mass is 461 g/mol. The molecule has 7 nitrogen and oxygen atoms in total. The van der Waals surface area contributed by atoms with E-state index >= 15 is 0 Å². The number of aliphatic hydroxyl groups is 1. The Morgan fingerprint density at radius 2 is 1.97 bits per heavy atom. The lowest BCUT2D eigenvalue weighted by molar-refractivity contribution is -0.132. The summed E-state index contributed by atoms with van der Waals surface area (Å²) in [6.45, 7) is 7.83. The molecule has 0 radical (unpaired) electrons. The van der Waals surface area contributed by atoms with E-state index in [2.05, 4.69) is 16.8 Å². The number of carbonyl (C=O) groups is 2. The molecular weight excluding hydrogens is 438 g/mol. The largest absolute Gasteiger partial charge is 0.507 e. The summed E-state index contributed by atoms with van der Waals surface area (Å²) in [5.74, 6) is -1.22. The maximum Gasteiger partial charge on any atom is 0.301 e. The van der Waals surface area contributed by atoms with Crippen molar-refractivity contribution in [3.63, 3.8) is 0 Å². The van der Waals surface area contributed by atoms with Gasteiger partial charge in [-0.2, -0.15) is 0 Å². The molecule has 0 aliphatic carbocycles. The van der Waals surface area contributed by atoms with Gasteiger partial charge in [0.25, 0.3) is 5.78 Å². The second-order valence-corrected chi connectivity index (χ2v) is 8.58. The molecule has 2 aromatic carbocycles. The minimum Gasteiger partial charge on any atom is -0.507 e. The van der Waals surface area contributed by atoms with E-state index in [0.29, 0.717) is 35.0 Å². The number of carbonyl (C=O) groups excluding carboxylic acids is 2. The highest BCUT2D eigenvalue weighted by Gasteiger charge is 2.48. The zero-order valence-corrected chi connectivity index (χ0v) is 19.1. The highest BCUT2D eigenvalue weighted by molar-refractivity contribution is 7.15. The van der Waals surface area contributed by atoms with Crippen molar-refractivity contribution >= 4 is 33.9 Å². The molecule has 1 saturated heterocycles. The molecule has 33 heavy (non-hydrogen) atoms. The van der Waals surface area contributed by atoms with Crippen LogP contribution in [0.25, 0.3) is 5.76 Å². The maximum absolute atomic E-state index is 13.2. The number of ether oxygens (including phenoxy) is 1. The number of anilines is 1. The van der Waals surface area contributed by atoms with E-state index in [4.69, 9.17) is 4.74 Å². The van der Waals surface area contributed by atoms with Gasteiger partial charge in [0, 0.05) is 5.56 Å². The maximum atomic E-state index is 13.2. The molecule has 1 atom stereocenters. The number of ketones is 1. The van der Waals surface area contributed by atoms with Crippen LogP contribution in [0.1, 0.15) is 34.7 Å². The molecule has 8 heteroatoms. The molecule has 1 amide bonds. The van der Waals surface area contributed by atoms with Crippen LogP contribution in [-0.4, -0.2) is 33.6 Å². The molecule has 3 aromatic rings. The Balaban J connectivity index is 1.90. The molecule has 4 rings (SSSR count). The Kier molecular flexibility index (Phi) is 6.37. The van der Waals surface area contributed by atoms with Gasteiger partial charge in [-0.25, -0.2) is 0 Å². The number of Topliss-reactive ketones (excluding diaryl/α,β-unsaturated/α-hetero) is 1. The van der Waals surface area contributed by atoms with Crippen molar-refractivity contribution in [3.8, 4) is 5.75 Å². The molecule has 0 saturated carbocycles. The zero-order valence-electron chi connectivity index (χ0n) is 18.3. The number of aryl methyl sites for hydroxylation is 2. The summed E-state index contributed by atoms with van der Waals surface area (Å²) < 4.78 is 5.65. The first kappa shape index (κ1) is 22.4. The number of aliphatic hydroxyl groups excluding tert-OH is 1. The van der Waals surface area contributed by atoms with E-state index in [1.54, 1.807) is 42.5 Å². The van der Waals surface area contributed by atoms with Crippen molar-refractivity contribution in [2.45, 2.75) is 26.3 Å². The molecule has 168 valence electrons. The first-order valence-electron chi connectivity index (χ1n) is 10.5. The predicted molar refractivity (Wildman–Crippen MR) is 127 cm³/mol. The van der Waals surface area contributed by atoms with Crippen LogP contribution in [-0.2, 0) is 16.0 Å². The molecule has 0 bridgehead atoms. The Morgan fingerprint density at radius 1 is 1.21 bits per heavy atom. The molecule has 0 spiro atoms. The van der Waals surface area contributed by atoms with Gasteiger partial charge in [0.1, 0.15) is 23.1 Å². The van der Waals surface area contributed by atoms with Crippen molar-refractivity contribution in [3.05, 3.63) is 88.5 Å². The van der Waals surface area contributed by atoms with Gasteiger partial charge < -0.3 is 9.84 Å². The first-order chi connectivity index (χ1) is 15.9. The van der Waals surface area contributed by atoms with E-state index in [0.717, 1.165) is 10.6 Å². The molecule has 2 heterocycles. The standard InChI is InChI=1S/C25H23N3O4S/c1-4-13-32-18-8-6-7-17(14-18)21-20(22(29)16-11-9-15(3)10-12-16)23(30)24(31)28(21)25-27-26-19(5-2)33-25/h4,6-12,14,21,29H,1,5,13H2,2-3H3/b22-20+. The van der Waals surface area contributed by atoms with Gasteiger partial charge in [-0.1, -0.05) is 72.9 Å². The van der Waals surface area contributed by atoms with E-state index < -0.39 is 17.7 Å². The zero-order chi connectivity index (χ0) is 23.5. The lowest BCUT2D eigenvalue weighted by Gasteiger charge is -2.23. The Bertz CT molecular complexity index is 1250. The second-order valence-electron chi connectivity index (χ2n) is 7.54. The van der Waals surface area contributed by atoms with E-state index in [9.17, 15) is 14.7 Å². The van der Waals surface area contributed by atoms with E-state index in [-0.39, 0.29) is 11.3 Å². The van der Waals surface area contributed by atoms with E-state index in [1.807, 2.05) is 26.0 Å². The molecule has 1 aliphatic rings. The summed E-state index contributed by atoms with van der Waals surface area (Å²) in [5.41, 5.74) is 2.07. The van der Waals surface area contributed by atoms with Crippen LogP contribution < -0.4 is 9.64 Å². The van der Waals surface area contributed by atoms with Gasteiger partial charge in [0.15, 0.2) is 0 Å². The highest BCUT2D eigenvalue weighted by Crippen LogP contribution is 2.43. The quantitative estimate of drug-likeness (QED) is 0.239. The molecular formula is C25H23N3O4S. The van der Waals surface area contributed by atoms with E-state index in [1.165, 1.54) is 16.2 Å². The first-order valence-corrected chi connectivity index (χ1v) is 11.3. The lowest BCUT2D eigenvalue weighted by atomic mass is 9.95. The number of nitrogens with zero attached hydrogens (tertiary/aromatic N) is 3. The third-order valence-electron chi connectivity index (χ3n) is 5.28. The topological polar surface area (TPSA) is 92.6 Å². The van der Waals surface area contributed by atoms with Gasteiger partial charge in [-0.05, 0) is 31.0 Å². The van der Waals surface area contributed by atoms with Gasteiger partial charge in [0.05, 0.1) is 11.6 Å². The second kappa shape index (κ2) is 9.38. The normalized spacial score (nSPS) is 17.4. The Labute approximate surface area is 195 Å².